The number of ether oxygens (including phenoxy) is 3. The fraction of sp³-hybridized carbons (Fsp3) is 0.536. The summed E-state index contributed by atoms with van der Waals surface area (Å²) in [4.78, 5) is 55.3. The van der Waals surface area contributed by atoms with Crippen LogP contribution < -0.4 is 9.63 Å². The van der Waals surface area contributed by atoms with Crippen LogP contribution in [0.2, 0.25) is 0 Å². The number of fused-ring (bicyclic) bond motifs is 1. The van der Waals surface area contributed by atoms with Crippen molar-refractivity contribution in [2.24, 2.45) is 0 Å². The van der Waals surface area contributed by atoms with Crippen molar-refractivity contribution in [3.63, 3.8) is 0 Å². The van der Waals surface area contributed by atoms with E-state index in [1.54, 1.807) is 69.2 Å². The number of nitrogens with zero attached hydrogens (tertiary/aromatic N) is 3. The Balaban J connectivity index is 3.03. The van der Waals surface area contributed by atoms with Crippen LogP contribution in [-0.2, 0) is 14.2 Å². The highest BCUT2D eigenvalue weighted by Crippen LogP contribution is 2.36. The molecule has 0 aliphatic rings. The van der Waals surface area contributed by atoms with Gasteiger partial charge in [-0.05, 0) is 96.8 Å². The molecule has 1 aromatic heterocycles. The highest BCUT2D eigenvalue weighted by Gasteiger charge is 2.43. The lowest BCUT2D eigenvalue weighted by Gasteiger charge is -2.30. The van der Waals surface area contributed by atoms with Crippen LogP contribution in [0.3, 0.4) is 0 Å². The van der Waals surface area contributed by atoms with Gasteiger partial charge in [0.2, 0.25) is 0 Å². The van der Waals surface area contributed by atoms with Crippen molar-refractivity contribution in [3.8, 4) is 0 Å². The van der Waals surface area contributed by atoms with E-state index in [1.165, 1.54) is 6.07 Å². The molecular formula is C28H37BrFN3O8. The molecule has 0 bridgehead atoms. The van der Waals surface area contributed by atoms with Crippen LogP contribution in [0.4, 0.5) is 24.5 Å². The van der Waals surface area contributed by atoms with Gasteiger partial charge in [0, 0.05) is 11.9 Å². The predicted molar refractivity (Wildman–Crippen MR) is 153 cm³/mol. The largest absolute Gasteiger partial charge is 0.618 e. The molecule has 0 unspecified atom stereocenters. The number of carbonyl (C=O) groups excluding carboxylic acids is 4. The Morgan fingerprint density at radius 1 is 0.854 bits per heavy atom. The van der Waals surface area contributed by atoms with Crippen LogP contribution in [0, 0.1) is 11.0 Å². The number of benzene rings is 1. The minimum Gasteiger partial charge on any atom is -0.618 e. The smallest absolute Gasteiger partial charge is 0.424 e. The van der Waals surface area contributed by atoms with Gasteiger partial charge in [-0.2, -0.15) is 9.63 Å². The molecule has 2 rings (SSSR count). The summed E-state index contributed by atoms with van der Waals surface area (Å²) in [7, 11) is 0. The van der Waals surface area contributed by atoms with E-state index in [4.69, 9.17) is 14.2 Å². The van der Waals surface area contributed by atoms with E-state index in [0.29, 0.717) is 16.2 Å². The predicted octanol–water partition coefficient (Wildman–Crippen LogP) is 6.84. The summed E-state index contributed by atoms with van der Waals surface area (Å²) in [6.45, 7) is 15.7. The first-order valence-electron chi connectivity index (χ1n) is 12.9. The Labute approximate surface area is 247 Å². The zero-order valence-corrected chi connectivity index (χ0v) is 26.6. The number of carbonyl (C=O) groups is 4. The Morgan fingerprint density at radius 3 is 1.76 bits per heavy atom. The average molecular weight is 643 g/mol. The lowest BCUT2D eigenvalue weighted by molar-refractivity contribution is -0.605. The summed E-state index contributed by atoms with van der Waals surface area (Å²) in [5, 5.41) is 13.4. The number of halogens is 2. The van der Waals surface area contributed by atoms with Crippen LogP contribution in [0.25, 0.3) is 10.8 Å². The van der Waals surface area contributed by atoms with Crippen LogP contribution in [0.15, 0.2) is 22.8 Å². The first-order valence-corrected chi connectivity index (χ1v) is 13.7. The fourth-order valence-electron chi connectivity index (χ4n) is 3.55. The summed E-state index contributed by atoms with van der Waals surface area (Å²) < 4.78 is 30.7. The molecule has 0 spiro atoms. The summed E-state index contributed by atoms with van der Waals surface area (Å²) >= 11 is 3.09. The monoisotopic (exact) mass is 641 g/mol. The Morgan fingerprint density at radius 2 is 1.32 bits per heavy atom. The first-order chi connectivity index (χ1) is 18.6. The number of hydrogen-bond acceptors (Lipinski definition) is 8. The molecule has 41 heavy (non-hydrogen) atoms. The lowest BCUT2D eigenvalue weighted by Crippen LogP contribution is -2.50. The molecule has 0 aliphatic carbocycles. The van der Waals surface area contributed by atoms with Crippen molar-refractivity contribution in [3.05, 3.63) is 39.5 Å². The van der Waals surface area contributed by atoms with E-state index in [-0.39, 0.29) is 26.5 Å². The topological polar surface area (TPSA) is 129 Å². The average Bonchev–Trinajstić information content (AvgIpc) is 2.76. The number of hydrogen-bond donors (Lipinski definition) is 0. The minimum atomic E-state index is -1.27. The molecule has 11 nitrogen and oxygen atoms in total. The van der Waals surface area contributed by atoms with Gasteiger partial charge in [0.15, 0.2) is 6.20 Å². The summed E-state index contributed by atoms with van der Waals surface area (Å²) in [6.07, 6.45) is -2.38. The van der Waals surface area contributed by atoms with E-state index in [2.05, 4.69) is 15.9 Å². The standard InChI is InChI=1S/C28H37BrFN3O8/c1-11-14-31(23(35)39-26(2,3)4)22(34)21-20(16-12-13-18(30)19(29)17(16)15-32(21)38)33(24(36)40-27(5,6)7)25(37)41-28(8,9)10/h12-13,15H,11,14H2,1-10H3. The molecule has 4 amide bonds. The molecule has 2 aromatic rings. The van der Waals surface area contributed by atoms with Crippen LogP contribution in [-0.4, -0.2) is 52.4 Å². The van der Waals surface area contributed by atoms with Crippen molar-refractivity contribution in [2.45, 2.75) is 92.5 Å². The Kier molecular flexibility index (Phi) is 10.0. The van der Waals surface area contributed by atoms with Crippen molar-refractivity contribution in [2.75, 3.05) is 11.4 Å². The van der Waals surface area contributed by atoms with Gasteiger partial charge in [0.1, 0.15) is 28.3 Å². The number of pyridine rings is 1. The highest BCUT2D eigenvalue weighted by molar-refractivity contribution is 9.10. The van der Waals surface area contributed by atoms with Gasteiger partial charge in [0.25, 0.3) is 0 Å². The Bertz CT molecular complexity index is 1330. The Hall–Kier alpha value is -3.48. The fourth-order valence-corrected chi connectivity index (χ4v) is 4.00. The first kappa shape index (κ1) is 33.7. The third-order valence-corrected chi connectivity index (χ3v) is 5.77. The van der Waals surface area contributed by atoms with Gasteiger partial charge in [-0.3, -0.25) is 4.79 Å². The summed E-state index contributed by atoms with van der Waals surface area (Å²) in [5.41, 5.74) is -4.55. The van der Waals surface area contributed by atoms with Crippen molar-refractivity contribution in [1.29, 1.82) is 0 Å². The van der Waals surface area contributed by atoms with Crippen LogP contribution in [0.1, 0.15) is 86.1 Å². The number of aromatic nitrogens is 1. The molecule has 0 atom stereocenters. The van der Waals surface area contributed by atoms with Gasteiger partial charge in [-0.15, -0.1) is 0 Å². The second-order valence-corrected chi connectivity index (χ2v) is 13.0. The summed E-state index contributed by atoms with van der Waals surface area (Å²) in [5.74, 6) is -1.91. The molecule has 0 radical (unpaired) electrons. The quantitative estimate of drug-likeness (QED) is 0.201. The zero-order chi connectivity index (χ0) is 31.7. The lowest BCUT2D eigenvalue weighted by atomic mass is 10.1. The van der Waals surface area contributed by atoms with Crippen LogP contribution >= 0.6 is 15.9 Å². The van der Waals surface area contributed by atoms with Gasteiger partial charge in [-0.25, -0.2) is 23.7 Å². The van der Waals surface area contributed by atoms with E-state index < -0.39 is 58.2 Å². The van der Waals surface area contributed by atoms with Crippen molar-refractivity contribution >= 4 is 56.6 Å². The molecule has 1 heterocycles. The molecule has 226 valence electrons. The van der Waals surface area contributed by atoms with E-state index >= 15 is 0 Å². The van der Waals surface area contributed by atoms with E-state index in [1.807, 2.05) is 0 Å². The third-order valence-electron chi connectivity index (χ3n) is 4.96. The van der Waals surface area contributed by atoms with Gasteiger partial charge in [-0.1, -0.05) is 6.92 Å². The molecule has 0 saturated carbocycles. The van der Waals surface area contributed by atoms with Crippen molar-refractivity contribution in [1.82, 2.24) is 4.90 Å². The maximum Gasteiger partial charge on any atom is 0.424 e. The molecule has 0 aliphatic heterocycles. The maximum absolute atomic E-state index is 14.5. The SMILES string of the molecule is CCCN(C(=O)OC(C)(C)C)C(=O)c1c(N(C(=O)OC(C)(C)C)C(=O)OC(C)(C)C)c2ccc(F)c(Br)c2c[n+]1[O-]. The van der Waals surface area contributed by atoms with Gasteiger partial charge < -0.3 is 19.4 Å². The molecular weight excluding hydrogens is 605 g/mol. The zero-order valence-electron chi connectivity index (χ0n) is 25.0. The minimum absolute atomic E-state index is 0.0499. The highest BCUT2D eigenvalue weighted by atomic mass is 79.9. The second kappa shape index (κ2) is 12.2. The number of amides is 4. The third kappa shape index (κ3) is 8.51. The second-order valence-electron chi connectivity index (χ2n) is 12.2. The molecule has 13 heteroatoms. The number of rotatable bonds is 4. The molecule has 0 fully saturated rings. The molecule has 0 N–H and O–H groups in total. The number of imide groups is 2. The van der Waals surface area contributed by atoms with E-state index in [9.17, 15) is 28.8 Å². The summed E-state index contributed by atoms with van der Waals surface area (Å²) in [6, 6.07) is 2.22. The normalized spacial score (nSPS) is 12.1. The molecule has 1 aromatic carbocycles. The van der Waals surface area contributed by atoms with Crippen LogP contribution in [0.5, 0.6) is 0 Å². The van der Waals surface area contributed by atoms with Gasteiger partial charge in [0.05, 0.1) is 9.86 Å². The maximum atomic E-state index is 14.5. The van der Waals surface area contributed by atoms with Gasteiger partial charge >= 0.3 is 29.9 Å². The van der Waals surface area contributed by atoms with E-state index in [0.717, 1.165) is 12.3 Å². The van der Waals surface area contributed by atoms with Crippen molar-refractivity contribution < 1.29 is 42.5 Å². The number of anilines is 1. The molecule has 0 saturated heterocycles.